The molecular formula is C16H20FNO4. The summed E-state index contributed by atoms with van der Waals surface area (Å²) in [4.78, 5) is 24.9. The van der Waals surface area contributed by atoms with E-state index in [-0.39, 0.29) is 13.1 Å². The van der Waals surface area contributed by atoms with Crippen molar-refractivity contribution in [2.45, 2.75) is 32.3 Å². The number of benzene rings is 1. The summed E-state index contributed by atoms with van der Waals surface area (Å²) < 4.78 is 19.2. The summed E-state index contributed by atoms with van der Waals surface area (Å²) in [6.45, 7) is 5.37. The molecule has 120 valence electrons. The highest BCUT2D eigenvalue weighted by molar-refractivity contribution is 5.76. The number of likely N-dealkylation sites (tertiary alicyclic amines) is 1. The van der Waals surface area contributed by atoms with Gasteiger partial charge >= 0.3 is 12.1 Å². The van der Waals surface area contributed by atoms with Crippen molar-refractivity contribution in [3.05, 3.63) is 35.6 Å². The molecule has 1 amide bonds. The van der Waals surface area contributed by atoms with Crippen LogP contribution in [0.3, 0.4) is 0 Å². The van der Waals surface area contributed by atoms with Crippen molar-refractivity contribution < 1.29 is 23.8 Å². The number of amides is 1. The SMILES string of the molecule is CC(C)(C)OC(=O)N1C[C@H](C(=O)O)[C@@H](c2ccccc2F)C1. The van der Waals surface area contributed by atoms with Gasteiger partial charge < -0.3 is 14.7 Å². The summed E-state index contributed by atoms with van der Waals surface area (Å²) in [6.07, 6.45) is -0.572. The number of ether oxygens (including phenoxy) is 1. The van der Waals surface area contributed by atoms with E-state index in [0.29, 0.717) is 5.56 Å². The Morgan fingerprint density at radius 3 is 2.45 bits per heavy atom. The maximum atomic E-state index is 13.9. The van der Waals surface area contributed by atoms with Crippen LogP contribution in [0, 0.1) is 11.7 Å². The van der Waals surface area contributed by atoms with E-state index in [1.807, 2.05) is 0 Å². The number of carboxylic acid groups (broad SMARTS) is 1. The van der Waals surface area contributed by atoms with Gasteiger partial charge in [0, 0.05) is 19.0 Å². The topological polar surface area (TPSA) is 66.8 Å². The first-order valence-electron chi connectivity index (χ1n) is 7.14. The molecule has 1 fully saturated rings. The monoisotopic (exact) mass is 309 g/mol. The average molecular weight is 309 g/mol. The van der Waals surface area contributed by atoms with Crippen LogP contribution < -0.4 is 0 Å². The molecule has 1 aromatic carbocycles. The summed E-state index contributed by atoms with van der Waals surface area (Å²) in [5.74, 6) is -2.92. The Labute approximate surface area is 128 Å². The molecule has 2 atom stereocenters. The number of halogens is 1. The molecule has 0 radical (unpaired) electrons. The fourth-order valence-electron chi connectivity index (χ4n) is 2.62. The van der Waals surface area contributed by atoms with Crippen LogP contribution in [0.4, 0.5) is 9.18 Å². The molecule has 22 heavy (non-hydrogen) atoms. The van der Waals surface area contributed by atoms with Gasteiger partial charge in [-0.1, -0.05) is 18.2 Å². The molecule has 1 aliphatic rings. The molecular weight excluding hydrogens is 289 g/mol. The smallest absolute Gasteiger partial charge is 0.410 e. The number of aliphatic carboxylic acids is 1. The zero-order valence-electron chi connectivity index (χ0n) is 12.9. The molecule has 5 nitrogen and oxygen atoms in total. The minimum absolute atomic E-state index is 0.0171. The number of hydrogen-bond donors (Lipinski definition) is 1. The Morgan fingerprint density at radius 2 is 1.91 bits per heavy atom. The molecule has 1 N–H and O–H groups in total. The highest BCUT2D eigenvalue weighted by Gasteiger charge is 2.42. The Balaban J connectivity index is 2.22. The summed E-state index contributed by atoms with van der Waals surface area (Å²) in [7, 11) is 0. The van der Waals surface area contributed by atoms with E-state index in [4.69, 9.17) is 4.74 Å². The van der Waals surface area contributed by atoms with E-state index in [9.17, 15) is 19.1 Å². The van der Waals surface area contributed by atoms with Crippen LogP contribution in [-0.2, 0) is 9.53 Å². The molecule has 1 saturated heterocycles. The van der Waals surface area contributed by atoms with Crippen LogP contribution in [0.15, 0.2) is 24.3 Å². The van der Waals surface area contributed by atoms with E-state index in [0.717, 1.165) is 0 Å². The van der Waals surface area contributed by atoms with Gasteiger partial charge in [-0.05, 0) is 32.4 Å². The second-order valence-electron chi connectivity index (χ2n) is 6.46. The fourth-order valence-corrected chi connectivity index (χ4v) is 2.62. The second kappa shape index (κ2) is 5.94. The molecule has 6 heteroatoms. The van der Waals surface area contributed by atoms with Gasteiger partial charge in [0.1, 0.15) is 11.4 Å². The van der Waals surface area contributed by atoms with Crippen molar-refractivity contribution in [3.63, 3.8) is 0 Å². The van der Waals surface area contributed by atoms with Crippen LogP contribution in [0.2, 0.25) is 0 Å². The summed E-state index contributed by atoms with van der Waals surface area (Å²) in [5.41, 5.74) is -0.340. The minimum Gasteiger partial charge on any atom is -0.481 e. The lowest BCUT2D eigenvalue weighted by atomic mass is 9.89. The summed E-state index contributed by atoms with van der Waals surface area (Å²) in [6, 6.07) is 6.07. The number of rotatable bonds is 2. The fraction of sp³-hybridized carbons (Fsp3) is 0.500. The minimum atomic E-state index is -1.04. The molecule has 0 spiro atoms. The maximum absolute atomic E-state index is 13.9. The first-order chi connectivity index (χ1) is 10.2. The number of carbonyl (C=O) groups is 2. The van der Waals surface area contributed by atoms with Gasteiger partial charge in [0.15, 0.2) is 0 Å². The lowest BCUT2D eigenvalue weighted by molar-refractivity contribution is -0.141. The Morgan fingerprint density at radius 1 is 1.27 bits per heavy atom. The Hall–Kier alpha value is -2.11. The number of nitrogens with zero attached hydrogens (tertiary/aromatic N) is 1. The second-order valence-corrected chi connectivity index (χ2v) is 6.46. The average Bonchev–Trinajstić information content (AvgIpc) is 2.82. The van der Waals surface area contributed by atoms with E-state index < -0.39 is 35.3 Å². The number of hydrogen-bond acceptors (Lipinski definition) is 3. The van der Waals surface area contributed by atoms with Crippen molar-refractivity contribution in [2.75, 3.05) is 13.1 Å². The van der Waals surface area contributed by atoms with Crippen molar-refractivity contribution in [1.29, 1.82) is 0 Å². The molecule has 2 rings (SSSR count). The van der Waals surface area contributed by atoms with E-state index in [2.05, 4.69) is 0 Å². The van der Waals surface area contributed by atoms with Gasteiger partial charge in [-0.15, -0.1) is 0 Å². The molecule has 0 unspecified atom stereocenters. The third kappa shape index (κ3) is 3.55. The highest BCUT2D eigenvalue weighted by Crippen LogP contribution is 2.34. The lowest BCUT2D eigenvalue weighted by Gasteiger charge is -2.24. The zero-order valence-corrected chi connectivity index (χ0v) is 12.9. The third-order valence-corrected chi connectivity index (χ3v) is 3.59. The van der Waals surface area contributed by atoms with Crippen LogP contribution >= 0.6 is 0 Å². The normalized spacial score (nSPS) is 21.7. The highest BCUT2D eigenvalue weighted by atomic mass is 19.1. The van der Waals surface area contributed by atoms with Gasteiger partial charge in [0.05, 0.1) is 5.92 Å². The van der Waals surface area contributed by atoms with Gasteiger partial charge in [-0.2, -0.15) is 0 Å². The zero-order chi connectivity index (χ0) is 16.5. The van der Waals surface area contributed by atoms with Crippen molar-refractivity contribution in [3.8, 4) is 0 Å². The molecule has 1 heterocycles. The quantitative estimate of drug-likeness (QED) is 0.912. The van der Waals surface area contributed by atoms with E-state index >= 15 is 0 Å². The predicted octanol–water partition coefficient (Wildman–Crippen LogP) is 2.86. The lowest BCUT2D eigenvalue weighted by Crippen LogP contribution is -2.35. The van der Waals surface area contributed by atoms with E-state index in [1.54, 1.807) is 39.0 Å². The van der Waals surface area contributed by atoms with Crippen molar-refractivity contribution >= 4 is 12.1 Å². The summed E-state index contributed by atoms with van der Waals surface area (Å²) >= 11 is 0. The molecule has 0 bridgehead atoms. The van der Waals surface area contributed by atoms with Gasteiger partial charge in [0.2, 0.25) is 0 Å². The van der Waals surface area contributed by atoms with Crippen molar-refractivity contribution in [2.24, 2.45) is 5.92 Å². The van der Waals surface area contributed by atoms with Crippen LogP contribution in [0.1, 0.15) is 32.3 Å². The summed E-state index contributed by atoms with van der Waals surface area (Å²) in [5, 5.41) is 9.37. The van der Waals surface area contributed by atoms with Crippen LogP contribution in [0.25, 0.3) is 0 Å². The van der Waals surface area contributed by atoms with E-state index in [1.165, 1.54) is 11.0 Å². The van der Waals surface area contributed by atoms with Crippen LogP contribution in [0.5, 0.6) is 0 Å². The van der Waals surface area contributed by atoms with Gasteiger partial charge in [-0.25, -0.2) is 9.18 Å². The largest absolute Gasteiger partial charge is 0.481 e. The molecule has 0 aliphatic carbocycles. The predicted molar refractivity (Wildman–Crippen MR) is 78.1 cm³/mol. The molecule has 1 aliphatic heterocycles. The number of carboxylic acids is 1. The standard InChI is InChI=1S/C16H20FNO4/c1-16(2,3)22-15(21)18-8-11(12(9-18)14(19)20)10-6-4-5-7-13(10)17/h4-7,11-12H,8-9H2,1-3H3,(H,19,20)/t11-,12+/m1/s1. The third-order valence-electron chi connectivity index (χ3n) is 3.59. The Bertz CT molecular complexity index is 582. The first-order valence-corrected chi connectivity index (χ1v) is 7.14. The molecule has 0 aromatic heterocycles. The van der Waals surface area contributed by atoms with Gasteiger partial charge in [-0.3, -0.25) is 4.79 Å². The molecule has 0 saturated carbocycles. The Kier molecular flexibility index (Phi) is 4.39. The van der Waals surface area contributed by atoms with Crippen molar-refractivity contribution in [1.82, 2.24) is 4.90 Å². The number of carbonyl (C=O) groups excluding carboxylic acids is 1. The molecule has 1 aromatic rings. The van der Waals surface area contributed by atoms with Crippen LogP contribution in [-0.4, -0.2) is 40.8 Å². The van der Waals surface area contributed by atoms with Gasteiger partial charge in [0.25, 0.3) is 0 Å². The first kappa shape index (κ1) is 16.3. The maximum Gasteiger partial charge on any atom is 0.410 e.